The number of hydrogen-bond acceptors (Lipinski definition) is 1. The molecule has 0 saturated carbocycles. The first-order valence-corrected chi connectivity index (χ1v) is 7.16. The molecule has 1 atom stereocenters. The van der Waals surface area contributed by atoms with Crippen molar-refractivity contribution >= 4 is 16.6 Å². The summed E-state index contributed by atoms with van der Waals surface area (Å²) >= 11 is 0. The number of anilines is 1. The fourth-order valence-corrected chi connectivity index (χ4v) is 3.47. The number of hydrogen-bond donors (Lipinski definition) is 2. The molecule has 100 valence electrons. The van der Waals surface area contributed by atoms with E-state index < -0.39 is 0 Å². The van der Waals surface area contributed by atoms with Crippen LogP contribution in [-0.2, 0) is 6.42 Å². The van der Waals surface area contributed by atoms with Crippen LogP contribution in [0.15, 0.2) is 42.5 Å². The number of aromatic nitrogens is 1. The molecular formula is C18H18N2. The number of benzene rings is 2. The quantitative estimate of drug-likeness (QED) is 0.664. The molecule has 2 aromatic carbocycles. The van der Waals surface area contributed by atoms with Crippen molar-refractivity contribution < 1.29 is 0 Å². The van der Waals surface area contributed by atoms with E-state index in [1.165, 1.54) is 39.0 Å². The second kappa shape index (κ2) is 4.14. The zero-order valence-electron chi connectivity index (χ0n) is 11.8. The molecule has 0 aliphatic carbocycles. The lowest BCUT2D eigenvalue weighted by Gasteiger charge is -2.13. The van der Waals surface area contributed by atoms with Crippen LogP contribution < -0.4 is 5.32 Å². The van der Waals surface area contributed by atoms with E-state index in [1.807, 2.05) is 0 Å². The van der Waals surface area contributed by atoms with Gasteiger partial charge in [-0.15, -0.1) is 0 Å². The van der Waals surface area contributed by atoms with Crippen molar-refractivity contribution in [1.29, 1.82) is 0 Å². The van der Waals surface area contributed by atoms with Crippen molar-refractivity contribution in [3.8, 4) is 0 Å². The lowest BCUT2D eigenvalue weighted by atomic mass is 9.99. The molecule has 2 N–H and O–H groups in total. The molecule has 20 heavy (non-hydrogen) atoms. The van der Waals surface area contributed by atoms with Crippen LogP contribution >= 0.6 is 0 Å². The van der Waals surface area contributed by atoms with E-state index in [4.69, 9.17) is 0 Å². The predicted octanol–water partition coefficient (Wildman–Crippen LogP) is 4.49. The van der Waals surface area contributed by atoms with Gasteiger partial charge in [-0.1, -0.05) is 36.4 Å². The standard InChI is InChI=1S/C18H18N2/c1-11-6-5-7-13-10-16(20-18(11)13)17-12(2)19-15-9-4-3-8-14(15)17/h3-9,16,19-20H,10H2,1-2H3/t16-/m1/s1. The van der Waals surface area contributed by atoms with Gasteiger partial charge < -0.3 is 10.3 Å². The summed E-state index contributed by atoms with van der Waals surface area (Å²) in [7, 11) is 0. The van der Waals surface area contributed by atoms with Crippen molar-refractivity contribution in [3.05, 3.63) is 64.8 Å². The van der Waals surface area contributed by atoms with Gasteiger partial charge in [0.2, 0.25) is 0 Å². The highest BCUT2D eigenvalue weighted by Crippen LogP contribution is 2.39. The second-order valence-electron chi connectivity index (χ2n) is 5.72. The van der Waals surface area contributed by atoms with Crippen molar-refractivity contribution in [2.45, 2.75) is 26.3 Å². The number of fused-ring (bicyclic) bond motifs is 2. The highest BCUT2D eigenvalue weighted by molar-refractivity contribution is 5.86. The average molecular weight is 262 g/mol. The second-order valence-corrected chi connectivity index (χ2v) is 5.72. The predicted molar refractivity (Wildman–Crippen MR) is 84.3 cm³/mol. The Hall–Kier alpha value is -2.22. The van der Waals surface area contributed by atoms with Crippen LogP contribution in [0.5, 0.6) is 0 Å². The van der Waals surface area contributed by atoms with E-state index in [0.29, 0.717) is 6.04 Å². The maximum atomic E-state index is 3.72. The monoisotopic (exact) mass is 262 g/mol. The van der Waals surface area contributed by atoms with Crippen LogP contribution in [0.3, 0.4) is 0 Å². The Labute approximate surface area is 118 Å². The van der Waals surface area contributed by atoms with Crippen LogP contribution in [0.1, 0.15) is 28.4 Å². The van der Waals surface area contributed by atoms with Gasteiger partial charge in [-0.2, -0.15) is 0 Å². The normalized spacial score (nSPS) is 17.2. The lowest BCUT2D eigenvalue weighted by molar-refractivity contribution is 0.822. The van der Waals surface area contributed by atoms with Gasteiger partial charge in [0.25, 0.3) is 0 Å². The van der Waals surface area contributed by atoms with E-state index in [2.05, 4.69) is 66.6 Å². The van der Waals surface area contributed by atoms with Gasteiger partial charge in [0.15, 0.2) is 0 Å². The van der Waals surface area contributed by atoms with E-state index in [-0.39, 0.29) is 0 Å². The zero-order chi connectivity index (χ0) is 13.7. The molecule has 4 rings (SSSR count). The van der Waals surface area contributed by atoms with E-state index in [0.717, 1.165) is 6.42 Å². The molecule has 2 nitrogen and oxygen atoms in total. The fraction of sp³-hybridized carbons (Fsp3) is 0.222. The Morgan fingerprint density at radius 2 is 1.85 bits per heavy atom. The zero-order valence-corrected chi connectivity index (χ0v) is 11.8. The summed E-state index contributed by atoms with van der Waals surface area (Å²) in [4.78, 5) is 3.51. The topological polar surface area (TPSA) is 27.8 Å². The van der Waals surface area contributed by atoms with Crippen molar-refractivity contribution in [2.75, 3.05) is 5.32 Å². The van der Waals surface area contributed by atoms with Crippen LogP contribution in [0, 0.1) is 13.8 Å². The Morgan fingerprint density at radius 1 is 1.00 bits per heavy atom. The average Bonchev–Trinajstić information content (AvgIpc) is 2.99. The summed E-state index contributed by atoms with van der Waals surface area (Å²) in [5.41, 5.74) is 8.00. The first kappa shape index (κ1) is 11.6. The van der Waals surface area contributed by atoms with Gasteiger partial charge in [-0.3, -0.25) is 0 Å². The Balaban J connectivity index is 1.83. The van der Waals surface area contributed by atoms with Gasteiger partial charge in [0, 0.05) is 27.8 Å². The van der Waals surface area contributed by atoms with E-state index in [1.54, 1.807) is 0 Å². The van der Waals surface area contributed by atoms with Crippen molar-refractivity contribution in [1.82, 2.24) is 4.98 Å². The van der Waals surface area contributed by atoms with E-state index >= 15 is 0 Å². The molecule has 3 aromatic rings. The smallest absolute Gasteiger partial charge is 0.0578 e. The molecule has 0 radical (unpaired) electrons. The molecule has 2 heteroatoms. The van der Waals surface area contributed by atoms with Gasteiger partial charge >= 0.3 is 0 Å². The Kier molecular flexibility index (Phi) is 2.40. The third-order valence-electron chi connectivity index (χ3n) is 4.39. The number of rotatable bonds is 1. The van der Waals surface area contributed by atoms with Gasteiger partial charge in [0.1, 0.15) is 0 Å². The van der Waals surface area contributed by atoms with Crippen LogP contribution in [-0.4, -0.2) is 4.98 Å². The first-order valence-electron chi connectivity index (χ1n) is 7.16. The summed E-state index contributed by atoms with van der Waals surface area (Å²) in [6.07, 6.45) is 1.07. The summed E-state index contributed by atoms with van der Waals surface area (Å²) in [6, 6.07) is 15.5. The molecule has 0 bridgehead atoms. The largest absolute Gasteiger partial charge is 0.377 e. The van der Waals surface area contributed by atoms with Gasteiger partial charge in [-0.25, -0.2) is 0 Å². The number of aryl methyl sites for hydroxylation is 2. The summed E-state index contributed by atoms with van der Waals surface area (Å²) < 4.78 is 0. The summed E-state index contributed by atoms with van der Waals surface area (Å²) in [6.45, 7) is 4.35. The molecule has 1 aromatic heterocycles. The first-order chi connectivity index (χ1) is 9.74. The molecule has 2 heterocycles. The van der Waals surface area contributed by atoms with E-state index in [9.17, 15) is 0 Å². The molecule has 1 aliphatic rings. The molecule has 0 spiro atoms. The minimum Gasteiger partial charge on any atom is -0.377 e. The minimum absolute atomic E-state index is 0.377. The highest BCUT2D eigenvalue weighted by Gasteiger charge is 2.26. The highest BCUT2D eigenvalue weighted by atomic mass is 15.0. The molecule has 0 saturated heterocycles. The molecule has 0 unspecified atom stereocenters. The third kappa shape index (κ3) is 1.58. The molecule has 0 fully saturated rings. The van der Waals surface area contributed by atoms with Crippen LogP contribution in [0.25, 0.3) is 10.9 Å². The Bertz CT molecular complexity index is 798. The van der Waals surface area contributed by atoms with Gasteiger partial charge in [0.05, 0.1) is 6.04 Å². The molecular weight excluding hydrogens is 244 g/mol. The SMILES string of the molecule is Cc1cccc2c1N[C@@H](c1c(C)[nH]c3ccccc13)C2. The maximum absolute atomic E-state index is 3.72. The number of nitrogens with one attached hydrogen (secondary N) is 2. The minimum atomic E-state index is 0.377. The Morgan fingerprint density at radius 3 is 2.70 bits per heavy atom. The third-order valence-corrected chi connectivity index (χ3v) is 4.39. The number of para-hydroxylation sites is 2. The summed E-state index contributed by atoms with van der Waals surface area (Å²) in [5.74, 6) is 0. The summed E-state index contributed by atoms with van der Waals surface area (Å²) in [5, 5.41) is 5.06. The number of H-pyrrole nitrogens is 1. The molecule has 1 aliphatic heterocycles. The van der Waals surface area contributed by atoms with Gasteiger partial charge in [-0.05, 0) is 37.5 Å². The fourth-order valence-electron chi connectivity index (χ4n) is 3.47. The van der Waals surface area contributed by atoms with Crippen molar-refractivity contribution in [3.63, 3.8) is 0 Å². The van der Waals surface area contributed by atoms with Crippen molar-refractivity contribution in [2.24, 2.45) is 0 Å². The lowest BCUT2D eigenvalue weighted by Crippen LogP contribution is -2.07. The van der Waals surface area contributed by atoms with Crippen LogP contribution in [0.2, 0.25) is 0 Å². The van der Waals surface area contributed by atoms with Crippen LogP contribution in [0.4, 0.5) is 5.69 Å². The number of aromatic amines is 1. The molecule has 0 amide bonds. The maximum Gasteiger partial charge on any atom is 0.0578 e.